The number of carbonyl (C=O) groups excluding carboxylic acids is 1. The van der Waals surface area contributed by atoms with Gasteiger partial charge >= 0.3 is 0 Å². The van der Waals surface area contributed by atoms with Crippen LogP contribution in [-0.4, -0.2) is 30.0 Å². The predicted molar refractivity (Wildman–Crippen MR) is 98.4 cm³/mol. The first kappa shape index (κ1) is 19.2. The average molecular weight is 348 g/mol. The molecule has 0 aliphatic heterocycles. The molecule has 1 aliphatic rings. The summed E-state index contributed by atoms with van der Waals surface area (Å²) in [5.74, 6) is 0.562. The molecule has 1 aromatic carbocycles. The van der Waals surface area contributed by atoms with E-state index in [4.69, 9.17) is 5.73 Å². The van der Waals surface area contributed by atoms with Gasteiger partial charge in [0.15, 0.2) is 0 Å². The van der Waals surface area contributed by atoms with Crippen LogP contribution in [0.1, 0.15) is 44.9 Å². The Morgan fingerprint density at radius 1 is 1.24 bits per heavy atom. The lowest BCUT2D eigenvalue weighted by Crippen LogP contribution is -2.45. The molecule has 0 spiro atoms. The molecule has 7 heteroatoms. The van der Waals surface area contributed by atoms with Crippen molar-refractivity contribution in [3.8, 4) is 0 Å². The van der Waals surface area contributed by atoms with Crippen molar-refractivity contribution in [2.75, 3.05) is 18.4 Å². The summed E-state index contributed by atoms with van der Waals surface area (Å²) in [6, 6.07) is 6.36. The third-order valence-corrected chi connectivity index (χ3v) is 4.81. The highest BCUT2D eigenvalue weighted by Gasteiger charge is 2.23. The monoisotopic (exact) mass is 348 g/mol. The standard InChI is InChI=1S/C18H28N4O3/c19-13-17(14-5-2-1-3-6-14)21-18(23)7-4-12-20-15-8-10-16(11-9-15)22(24)25/h8-11,14,17,20H,1-7,12-13,19H2,(H,21,23). The molecule has 138 valence electrons. The third kappa shape index (κ3) is 6.34. The largest absolute Gasteiger partial charge is 0.385 e. The maximum Gasteiger partial charge on any atom is 0.269 e. The quantitative estimate of drug-likeness (QED) is 0.361. The highest BCUT2D eigenvalue weighted by molar-refractivity contribution is 5.76. The number of hydrogen-bond donors (Lipinski definition) is 3. The van der Waals surface area contributed by atoms with Crippen LogP contribution in [0.15, 0.2) is 24.3 Å². The summed E-state index contributed by atoms with van der Waals surface area (Å²) >= 11 is 0. The summed E-state index contributed by atoms with van der Waals surface area (Å²) in [6.07, 6.45) is 7.21. The normalized spacial score (nSPS) is 16.2. The minimum Gasteiger partial charge on any atom is -0.385 e. The number of benzene rings is 1. The molecule has 0 saturated heterocycles. The first-order chi connectivity index (χ1) is 12.1. The van der Waals surface area contributed by atoms with Gasteiger partial charge < -0.3 is 16.4 Å². The lowest BCUT2D eigenvalue weighted by atomic mass is 9.84. The van der Waals surface area contributed by atoms with Gasteiger partial charge in [-0.3, -0.25) is 14.9 Å². The molecule has 1 aliphatic carbocycles. The van der Waals surface area contributed by atoms with Crippen molar-refractivity contribution < 1.29 is 9.72 Å². The number of amides is 1. The van der Waals surface area contributed by atoms with Crippen LogP contribution < -0.4 is 16.4 Å². The molecule has 25 heavy (non-hydrogen) atoms. The Morgan fingerprint density at radius 2 is 1.92 bits per heavy atom. The summed E-state index contributed by atoms with van der Waals surface area (Å²) in [5.41, 5.74) is 6.72. The third-order valence-electron chi connectivity index (χ3n) is 4.81. The number of nitrogens with zero attached hydrogens (tertiary/aromatic N) is 1. The van der Waals surface area contributed by atoms with Crippen molar-refractivity contribution in [2.45, 2.75) is 51.0 Å². The van der Waals surface area contributed by atoms with Crippen LogP contribution in [0.25, 0.3) is 0 Å². The maximum absolute atomic E-state index is 12.1. The fourth-order valence-corrected chi connectivity index (χ4v) is 3.37. The summed E-state index contributed by atoms with van der Waals surface area (Å²) in [6.45, 7) is 1.14. The first-order valence-electron chi connectivity index (χ1n) is 9.08. The smallest absolute Gasteiger partial charge is 0.269 e. The van der Waals surface area contributed by atoms with Gasteiger partial charge in [0.05, 0.1) is 4.92 Å². The number of non-ortho nitro benzene ring substituents is 1. The molecule has 7 nitrogen and oxygen atoms in total. The van der Waals surface area contributed by atoms with E-state index in [0.29, 0.717) is 31.8 Å². The molecule has 0 aromatic heterocycles. The topological polar surface area (TPSA) is 110 Å². The fourth-order valence-electron chi connectivity index (χ4n) is 3.37. The number of nitrogens with one attached hydrogen (secondary N) is 2. The maximum atomic E-state index is 12.1. The summed E-state index contributed by atoms with van der Waals surface area (Å²) in [7, 11) is 0. The molecule has 1 saturated carbocycles. The van der Waals surface area contributed by atoms with Crippen molar-refractivity contribution in [3.05, 3.63) is 34.4 Å². The highest BCUT2D eigenvalue weighted by atomic mass is 16.6. The van der Waals surface area contributed by atoms with Gasteiger partial charge in [-0.2, -0.15) is 0 Å². The van der Waals surface area contributed by atoms with Gasteiger partial charge in [-0.1, -0.05) is 19.3 Å². The van der Waals surface area contributed by atoms with Crippen LogP contribution in [0.2, 0.25) is 0 Å². The van der Waals surface area contributed by atoms with Crippen molar-refractivity contribution in [2.24, 2.45) is 11.7 Å². The Bertz CT molecular complexity index is 556. The Hall–Kier alpha value is -2.15. The molecule has 1 atom stereocenters. The molecule has 1 aromatic rings. The van der Waals surface area contributed by atoms with Crippen molar-refractivity contribution in [1.29, 1.82) is 0 Å². The number of anilines is 1. The van der Waals surface area contributed by atoms with Crippen LogP contribution in [0, 0.1) is 16.0 Å². The van der Waals surface area contributed by atoms with Crippen LogP contribution in [0.4, 0.5) is 11.4 Å². The van der Waals surface area contributed by atoms with Crippen molar-refractivity contribution in [3.63, 3.8) is 0 Å². The van der Waals surface area contributed by atoms with E-state index in [1.165, 1.54) is 31.4 Å². The van der Waals surface area contributed by atoms with E-state index in [1.54, 1.807) is 12.1 Å². The Balaban J connectivity index is 1.66. The Labute approximate surface area is 148 Å². The van der Waals surface area contributed by atoms with Gasteiger partial charge in [-0.05, 0) is 37.3 Å². The summed E-state index contributed by atoms with van der Waals surface area (Å²) in [4.78, 5) is 22.3. The molecular formula is C18H28N4O3. The number of nitro groups is 1. The lowest BCUT2D eigenvalue weighted by Gasteiger charge is -2.30. The van der Waals surface area contributed by atoms with E-state index in [9.17, 15) is 14.9 Å². The molecule has 0 heterocycles. The van der Waals surface area contributed by atoms with E-state index in [1.807, 2.05) is 0 Å². The van der Waals surface area contributed by atoms with Gasteiger partial charge in [-0.15, -0.1) is 0 Å². The van der Waals surface area contributed by atoms with Crippen molar-refractivity contribution in [1.82, 2.24) is 5.32 Å². The van der Waals surface area contributed by atoms with E-state index in [0.717, 1.165) is 18.5 Å². The predicted octanol–water partition coefficient (Wildman–Crippen LogP) is 2.81. The van der Waals surface area contributed by atoms with Gasteiger partial charge in [0.1, 0.15) is 0 Å². The molecule has 1 amide bonds. The zero-order valence-electron chi connectivity index (χ0n) is 14.6. The molecule has 1 unspecified atom stereocenters. The molecule has 0 bridgehead atoms. The fraction of sp³-hybridized carbons (Fsp3) is 0.611. The Morgan fingerprint density at radius 3 is 2.52 bits per heavy atom. The van der Waals surface area contributed by atoms with E-state index < -0.39 is 4.92 Å². The molecule has 2 rings (SSSR count). The second-order valence-corrected chi connectivity index (χ2v) is 6.64. The number of hydrogen-bond acceptors (Lipinski definition) is 5. The van der Waals surface area contributed by atoms with Gasteiger partial charge in [-0.25, -0.2) is 0 Å². The van der Waals surface area contributed by atoms with Crippen LogP contribution in [-0.2, 0) is 4.79 Å². The Kier molecular flexibility index (Phi) is 7.66. The summed E-state index contributed by atoms with van der Waals surface area (Å²) in [5, 5.41) is 16.9. The minimum absolute atomic E-state index is 0.0477. The lowest BCUT2D eigenvalue weighted by molar-refractivity contribution is -0.384. The molecule has 1 fully saturated rings. The number of carbonyl (C=O) groups is 1. The zero-order valence-corrected chi connectivity index (χ0v) is 14.6. The van der Waals surface area contributed by atoms with Crippen LogP contribution in [0.3, 0.4) is 0 Å². The van der Waals surface area contributed by atoms with Gasteiger partial charge in [0.2, 0.25) is 5.91 Å². The zero-order chi connectivity index (χ0) is 18.1. The number of rotatable bonds is 9. The summed E-state index contributed by atoms with van der Waals surface area (Å²) < 4.78 is 0. The van der Waals surface area contributed by atoms with E-state index in [2.05, 4.69) is 10.6 Å². The number of nitro benzene ring substituents is 1. The second kappa shape index (κ2) is 9.98. The second-order valence-electron chi connectivity index (χ2n) is 6.64. The van der Waals surface area contributed by atoms with Gasteiger partial charge in [0, 0.05) is 43.4 Å². The highest BCUT2D eigenvalue weighted by Crippen LogP contribution is 2.26. The van der Waals surface area contributed by atoms with Crippen LogP contribution >= 0.6 is 0 Å². The first-order valence-corrected chi connectivity index (χ1v) is 9.08. The molecule has 0 radical (unpaired) electrons. The van der Waals surface area contributed by atoms with E-state index in [-0.39, 0.29) is 17.6 Å². The molecular weight excluding hydrogens is 320 g/mol. The minimum atomic E-state index is -0.422. The average Bonchev–Trinajstić information content (AvgIpc) is 2.64. The van der Waals surface area contributed by atoms with Crippen molar-refractivity contribution >= 4 is 17.3 Å². The van der Waals surface area contributed by atoms with Gasteiger partial charge in [0.25, 0.3) is 5.69 Å². The number of nitrogens with two attached hydrogens (primary N) is 1. The van der Waals surface area contributed by atoms with Crippen LogP contribution in [0.5, 0.6) is 0 Å². The van der Waals surface area contributed by atoms with E-state index >= 15 is 0 Å². The molecule has 4 N–H and O–H groups in total. The SMILES string of the molecule is NCC(NC(=O)CCCNc1ccc([N+](=O)[O-])cc1)C1CCCCC1.